The lowest BCUT2D eigenvalue weighted by Crippen LogP contribution is -2.35. The number of aryl methyl sites for hydroxylation is 3. The summed E-state index contributed by atoms with van der Waals surface area (Å²) in [5.41, 5.74) is 3.05. The Labute approximate surface area is 182 Å². The van der Waals surface area contributed by atoms with Gasteiger partial charge in [0, 0.05) is 16.3 Å². The molecule has 8 nitrogen and oxygen atoms in total. The molecular formula is C24H21NO7. The van der Waals surface area contributed by atoms with Crippen molar-refractivity contribution < 1.29 is 28.6 Å². The molecule has 0 saturated carbocycles. The van der Waals surface area contributed by atoms with Gasteiger partial charge in [-0.1, -0.05) is 12.1 Å². The zero-order chi connectivity index (χ0) is 23.2. The number of benzene rings is 2. The van der Waals surface area contributed by atoms with E-state index in [4.69, 9.17) is 8.83 Å². The lowest BCUT2D eigenvalue weighted by molar-refractivity contribution is -0.142. The third-order valence-corrected chi connectivity index (χ3v) is 5.65. The molecule has 1 unspecified atom stereocenters. The fourth-order valence-electron chi connectivity index (χ4n) is 3.85. The van der Waals surface area contributed by atoms with Gasteiger partial charge in [0.1, 0.15) is 16.9 Å². The summed E-state index contributed by atoms with van der Waals surface area (Å²) in [6.45, 7) is 5.45. The number of aromatic hydroxyl groups is 1. The molecule has 0 spiro atoms. The van der Waals surface area contributed by atoms with Gasteiger partial charge in [-0.25, -0.2) is 9.59 Å². The van der Waals surface area contributed by atoms with E-state index < -0.39 is 23.5 Å². The number of nitrogens with one attached hydrogen (secondary N) is 1. The van der Waals surface area contributed by atoms with Crippen LogP contribution in [0.5, 0.6) is 5.75 Å². The van der Waals surface area contributed by atoms with Crippen LogP contribution in [0.2, 0.25) is 0 Å². The van der Waals surface area contributed by atoms with Crippen molar-refractivity contribution in [3.8, 4) is 5.75 Å². The Morgan fingerprint density at radius 3 is 2.38 bits per heavy atom. The van der Waals surface area contributed by atoms with Crippen LogP contribution in [0.1, 0.15) is 33.9 Å². The van der Waals surface area contributed by atoms with Crippen LogP contribution in [0.15, 0.2) is 50.2 Å². The maximum absolute atomic E-state index is 12.7. The molecule has 0 fully saturated rings. The lowest BCUT2D eigenvalue weighted by atomic mass is 9.99. The first kappa shape index (κ1) is 21.2. The van der Waals surface area contributed by atoms with Gasteiger partial charge in [0.2, 0.25) is 5.91 Å². The molecule has 1 atom stereocenters. The number of amides is 1. The van der Waals surface area contributed by atoms with E-state index in [1.165, 1.54) is 24.3 Å². The second-order valence-electron chi connectivity index (χ2n) is 7.77. The van der Waals surface area contributed by atoms with Crippen molar-refractivity contribution in [1.29, 1.82) is 0 Å². The number of carboxylic acids is 1. The molecule has 0 aliphatic rings. The van der Waals surface area contributed by atoms with Crippen molar-refractivity contribution >= 4 is 33.8 Å². The monoisotopic (exact) mass is 435 g/mol. The molecule has 0 radical (unpaired) electrons. The molecule has 0 aliphatic heterocycles. The first-order valence-electron chi connectivity index (χ1n) is 9.92. The topological polar surface area (TPSA) is 130 Å². The van der Waals surface area contributed by atoms with Gasteiger partial charge in [0.15, 0.2) is 6.04 Å². The van der Waals surface area contributed by atoms with E-state index in [1.54, 1.807) is 20.1 Å². The number of phenolic OH excluding ortho intramolecular Hbond substituents is 1. The normalized spacial score (nSPS) is 12.2. The second-order valence-corrected chi connectivity index (χ2v) is 7.77. The van der Waals surface area contributed by atoms with Crippen LogP contribution in [0.3, 0.4) is 0 Å². The van der Waals surface area contributed by atoms with Gasteiger partial charge in [0.25, 0.3) is 0 Å². The third-order valence-electron chi connectivity index (χ3n) is 5.65. The molecule has 2 aromatic carbocycles. The fraction of sp³-hybridized carbons (Fsp3) is 0.208. The van der Waals surface area contributed by atoms with E-state index >= 15 is 0 Å². The number of carboxylic acid groups (broad SMARTS) is 1. The summed E-state index contributed by atoms with van der Waals surface area (Å²) >= 11 is 0. The maximum atomic E-state index is 12.7. The summed E-state index contributed by atoms with van der Waals surface area (Å²) in [5, 5.41) is 22.9. The van der Waals surface area contributed by atoms with Crippen molar-refractivity contribution in [3.63, 3.8) is 0 Å². The molecule has 32 heavy (non-hydrogen) atoms. The van der Waals surface area contributed by atoms with E-state index in [2.05, 4.69) is 5.32 Å². The van der Waals surface area contributed by atoms with E-state index in [9.17, 15) is 24.6 Å². The highest BCUT2D eigenvalue weighted by Crippen LogP contribution is 2.32. The third kappa shape index (κ3) is 3.60. The summed E-state index contributed by atoms with van der Waals surface area (Å²) in [6.07, 6.45) is 1.29. The van der Waals surface area contributed by atoms with E-state index in [1.807, 2.05) is 13.0 Å². The molecule has 8 heteroatoms. The van der Waals surface area contributed by atoms with Crippen molar-refractivity contribution in [2.45, 2.75) is 33.2 Å². The Morgan fingerprint density at radius 1 is 1.03 bits per heavy atom. The van der Waals surface area contributed by atoms with Gasteiger partial charge in [-0.15, -0.1) is 0 Å². The number of carbonyl (C=O) groups excluding carboxylic acids is 1. The number of fused-ring (bicyclic) bond motifs is 2. The molecule has 0 bridgehead atoms. The first-order chi connectivity index (χ1) is 15.2. The maximum Gasteiger partial charge on any atom is 0.340 e. The minimum atomic E-state index is -1.33. The number of hydrogen-bond acceptors (Lipinski definition) is 6. The minimum absolute atomic E-state index is 0.0223. The highest BCUT2D eigenvalue weighted by atomic mass is 16.4. The first-order valence-corrected chi connectivity index (χ1v) is 9.92. The van der Waals surface area contributed by atoms with Gasteiger partial charge < -0.3 is 24.4 Å². The number of aliphatic carboxylic acids is 1. The van der Waals surface area contributed by atoms with Crippen LogP contribution in [-0.2, 0) is 16.0 Å². The molecule has 0 saturated heterocycles. The average Bonchev–Trinajstić information content (AvgIpc) is 3.12. The Hall–Kier alpha value is -4.07. The van der Waals surface area contributed by atoms with Crippen LogP contribution < -0.4 is 10.9 Å². The summed E-state index contributed by atoms with van der Waals surface area (Å²) < 4.78 is 11.1. The van der Waals surface area contributed by atoms with Crippen LogP contribution in [0.25, 0.3) is 21.9 Å². The average molecular weight is 435 g/mol. The van der Waals surface area contributed by atoms with Crippen molar-refractivity contribution in [1.82, 2.24) is 5.32 Å². The Kier molecular flexibility index (Phi) is 5.22. The molecule has 2 aromatic heterocycles. The number of rotatable bonds is 5. The zero-order valence-electron chi connectivity index (χ0n) is 17.7. The van der Waals surface area contributed by atoms with E-state index in [0.29, 0.717) is 33.2 Å². The van der Waals surface area contributed by atoms with E-state index in [0.717, 1.165) is 10.9 Å². The van der Waals surface area contributed by atoms with Crippen LogP contribution in [-0.4, -0.2) is 22.1 Å². The smallest absolute Gasteiger partial charge is 0.340 e. The molecule has 4 rings (SSSR count). The van der Waals surface area contributed by atoms with Gasteiger partial charge in [-0.2, -0.15) is 0 Å². The number of hydrogen-bond donors (Lipinski definition) is 3. The molecule has 1 amide bonds. The van der Waals surface area contributed by atoms with Crippen molar-refractivity contribution in [2.24, 2.45) is 0 Å². The summed E-state index contributed by atoms with van der Waals surface area (Å²) in [7, 11) is 0. The molecule has 0 aliphatic carbocycles. The SMILES string of the molecule is Cc1coc2c(C)c3oc(=O)c(CC(=O)NC(C(=O)O)c4ccc(O)cc4)c(C)c3cc12. The second kappa shape index (κ2) is 7.88. The van der Waals surface area contributed by atoms with Gasteiger partial charge in [-0.3, -0.25) is 4.79 Å². The van der Waals surface area contributed by atoms with Gasteiger partial charge in [0.05, 0.1) is 18.2 Å². The predicted octanol–water partition coefficient (Wildman–Crippen LogP) is 3.65. The molecule has 2 heterocycles. The summed E-state index contributed by atoms with van der Waals surface area (Å²) in [5.74, 6) is -1.93. The number of carbonyl (C=O) groups is 2. The molecular weight excluding hydrogens is 414 g/mol. The standard InChI is InChI=1S/C24H21NO7/c1-11-10-31-21-13(3)22-17(8-16(11)21)12(2)18(24(30)32-22)9-19(27)25-20(23(28)29)14-4-6-15(26)7-5-14/h4-8,10,20,26H,9H2,1-3H3,(H,25,27)(H,28,29). The largest absolute Gasteiger partial charge is 0.508 e. The summed E-state index contributed by atoms with van der Waals surface area (Å²) in [4.78, 5) is 37.1. The summed E-state index contributed by atoms with van der Waals surface area (Å²) in [6, 6.07) is 6.02. The Bertz CT molecular complexity index is 1430. The minimum Gasteiger partial charge on any atom is -0.508 e. The quantitative estimate of drug-likeness (QED) is 0.408. The highest BCUT2D eigenvalue weighted by molar-refractivity contribution is 6.00. The fourth-order valence-corrected chi connectivity index (χ4v) is 3.85. The molecule has 164 valence electrons. The molecule has 3 N–H and O–H groups in total. The number of furan rings is 1. The van der Waals surface area contributed by atoms with Crippen molar-refractivity contribution in [3.05, 3.63) is 74.8 Å². The molecule has 4 aromatic rings. The van der Waals surface area contributed by atoms with Gasteiger partial charge in [-0.05, 0) is 55.7 Å². The van der Waals surface area contributed by atoms with Crippen LogP contribution >= 0.6 is 0 Å². The number of phenols is 1. The van der Waals surface area contributed by atoms with Crippen LogP contribution in [0, 0.1) is 20.8 Å². The van der Waals surface area contributed by atoms with Gasteiger partial charge >= 0.3 is 11.6 Å². The van der Waals surface area contributed by atoms with Crippen LogP contribution in [0.4, 0.5) is 0 Å². The predicted molar refractivity (Wildman–Crippen MR) is 117 cm³/mol. The lowest BCUT2D eigenvalue weighted by Gasteiger charge is -2.16. The Balaban J connectivity index is 1.70. The zero-order valence-corrected chi connectivity index (χ0v) is 17.7. The van der Waals surface area contributed by atoms with Crippen molar-refractivity contribution in [2.75, 3.05) is 0 Å². The highest BCUT2D eigenvalue weighted by Gasteiger charge is 2.24. The van der Waals surface area contributed by atoms with E-state index in [-0.39, 0.29) is 17.7 Å². The Morgan fingerprint density at radius 2 is 1.72 bits per heavy atom.